The van der Waals surface area contributed by atoms with Gasteiger partial charge < -0.3 is 15.7 Å². The predicted octanol–water partition coefficient (Wildman–Crippen LogP) is 0.799. The van der Waals surface area contributed by atoms with Crippen LogP contribution >= 0.6 is 0 Å². The van der Waals surface area contributed by atoms with Gasteiger partial charge in [0.1, 0.15) is 5.82 Å². The molecule has 0 aliphatic carbocycles. The van der Waals surface area contributed by atoms with Crippen LogP contribution in [0.1, 0.15) is 37.2 Å². The minimum absolute atomic E-state index is 0.0267. The van der Waals surface area contributed by atoms with E-state index in [4.69, 9.17) is 0 Å². The summed E-state index contributed by atoms with van der Waals surface area (Å²) in [6.45, 7) is 4.02. The number of carbonyl (C=O) groups is 1. The Morgan fingerprint density at radius 2 is 2.00 bits per heavy atom. The number of nitrogens with one attached hydrogen (secondary N) is 2. The second kappa shape index (κ2) is 6.30. The van der Waals surface area contributed by atoms with Crippen molar-refractivity contribution in [3.63, 3.8) is 0 Å². The van der Waals surface area contributed by atoms with E-state index in [1.807, 2.05) is 13.8 Å². The topological polar surface area (TPSA) is 87.1 Å². The third kappa shape index (κ3) is 3.16. The second-order valence-corrected chi connectivity index (χ2v) is 4.15. The smallest absolute Gasteiger partial charge is 0.271 e. The minimum Gasteiger partial charge on any atom is -0.394 e. The van der Waals surface area contributed by atoms with Crippen LogP contribution in [0.3, 0.4) is 0 Å². The number of amides is 1. The fourth-order valence-electron chi connectivity index (χ4n) is 1.61. The van der Waals surface area contributed by atoms with Crippen LogP contribution in [0.4, 0.5) is 5.82 Å². The van der Waals surface area contributed by atoms with Gasteiger partial charge in [-0.3, -0.25) is 4.79 Å². The number of hydrogen-bond acceptors (Lipinski definition) is 5. The summed E-state index contributed by atoms with van der Waals surface area (Å²) >= 11 is 0. The van der Waals surface area contributed by atoms with Gasteiger partial charge in [0.15, 0.2) is 5.69 Å². The predicted molar refractivity (Wildman–Crippen MR) is 69.4 cm³/mol. The second-order valence-electron chi connectivity index (χ2n) is 4.15. The van der Waals surface area contributed by atoms with Gasteiger partial charge in [-0.1, -0.05) is 13.8 Å². The lowest BCUT2D eigenvalue weighted by atomic mass is 9.94. The van der Waals surface area contributed by atoms with Gasteiger partial charge in [0.25, 0.3) is 5.91 Å². The molecule has 0 atom stereocenters. The molecule has 0 aliphatic heterocycles. The lowest BCUT2D eigenvalue weighted by Crippen LogP contribution is -2.41. The van der Waals surface area contributed by atoms with Crippen molar-refractivity contribution in [1.29, 1.82) is 0 Å². The highest BCUT2D eigenvalue weighted by atomic mass is 16.3. The summed E-state index contributed by atoms with van der Waals surface area (Å²) < 4.78 is 0. The first-order valence-corrected chi connectivity index (χ1v) is 6.05. The average Bonchev–Trinajstić information content (AvgIpc) is 2.45. The molecule has 1 aromatic rings. The van der Waals surface area contributed by atoms with Gasteiger partial charge in [0.2, 0.25) is 0 Å². The van der Waals surface area contributed by atoms with Crippen LogP contribution in [0.25, 0.3) is 0 Å². The van der Waals surface area contributed by atoms with Crippen LogP contribution in [0.5, 0.6) is 0 Å². The molecular weight excluding hydrogens is 232 g/mol. The molecule has 0 saturated heterocycles. The van der Waals surface area contributed by atoms with E-state index in [-0.39, 0.29) is 23.7 Å². The zero-order valence-electron chi connectivity index (χ0n) is 11.0. The largest absolute Gasteiger partial charge is 0.394 e. The minimum atomic E-state index is -0.386. The van der Waals surface area contributed by atoms with E-state index in [0.29, 0.717) is 5.82 Å². The first-order valence-electron chi connectivity index (χ1n) is 6.05. The van der Waals surface area contributed by atoms with Crippen molar-refractivity contribution in [1.82, 2.24) is 15.5 Å². The molecule has 1 heterocycles. The highest BCUT2D eigenvalue weighted by Crippen LogP contribution is 2.20. The van der Waals surface area contributed by atoms with E-state index in [1.165, 1.54) is 0 Å². The normalized spacial score (nSPS) is 11.1. The van der Waals surface area contributed by atoms with Crippen LogP contribution in [0, 0.1) is 0 Å². The monoisotopic (exact) mass is 252 g/mol. The van der Waals surface area contributed by atoms with Crippen molar-refractivity contribution in [2.75, 3.05) is 19.0 Å². The third-order valence-electron chi connectivity index (χ3n) is 3.17. The number of aromatic nitrogens is 2. The van der Waals surface area contributed by atoms with Crippen LogP contribution in [0.15, 0.2) is 12.1 Å². The Hall–Kier alpha value is -1.69. The highest BCUT2D eigenvalue weighted by molar-refractivity contribution is 5.91. The molecule has 0 radical (unpaired) electrons. The maximum absolute atomic E-state index is 11.3. The average molecular weight is 252 g/mol. The standard InChI is InChI=1S/C12H20N4O2/c1-4-12(5-2,8-17)14-10-7-6-9(15-16-10)11(18)13-3/h6-7,17H,4-5,8H2,1-3H3,(H,13,18)(H,14,16). The van der Waals surface area contributed by atoms with Crippen molar-refractivity contribution in [3.05, 3.63) is 17.8 Å². The number of aliphatic hydroxyl groups is 1. The third-order valence-corrected chi connectivity index (χ3v) is 3.17. The number of rotatable bonds is 6. The SMILES string of the molecule is CCC(CC)(CO)Nc1ccc(C(=O)NC)nn1. The lowest BCUT2D eigenvalue weighted by Gasteiger charge is -2.31. The molecule has 100 valence electrons. The Morgan fingerprint density at radius 3 is 2.39 bits per heavy atom. The Balaban J connectivity index is 2.83. The summed E-state index contributed by atoms with van der Waals surface area (Å²) in [5.41, 5.74) is -0.117. The Morgan fingerprint density at radius 1 is 1.33 bits per heavy atom. The first-order chi connectivity index (χ1) is 8.60. The van der Waals surface area contributed by atoms with Crippen LogP contribution < -0.4 is 10.6 Å². The van der Waals surface area contributed by atoms with Gasteiger partial charge in [0, 0.05) is 7.05 Å². The zero-order chi connectivity index (χ0) is 13.6. The molecule has 0 bridgehead atoms. The molecule has 3 N–H and O–H groups in total. The summed E-state index contributed by atoms with van der Waals surface area (Å²) in [6, 6.07) is 3.29. The number of hydrogen-bond donors (Lipinski definition) is 3. The van der Waals surface area contributed by atoms with E-state index >= 15 is 0 Å². The zero-order valence-corrected chi connectivity index (χ0v) is 11.0. The van der Waals surface area contributed by atoms with Crippen molar-refractivity contribution < 1.29 is 9.90 Å². The van der Waals surface area contributed by atoms with Crippen LogP contribution in [-0.4, -0.2) is 40.4 Å². The number of carbonyl (C=O) groups excluding carboxylic acids is 1. The number of aliphatic hydroxyl groups excluding tert-OH is 1. The van der Waals surface area contributed by atoms with E-state index in [0.717, 1.165) is 12.8 Å². The summed E-state index contributed by atoms with van der Waals surface area (Å²) in [7, 11) is 1.54. The van der Waals surface area contributed by atoms with Crippen LogP contribution in [0.2, 0.25) is 0 Å². The van der Waals surface area contributed by atoms with Gasteiger partial charge in [-0.25, -0.2) is 0 Å². The molecular formula is C12H20N4O2. The van der Waals surface area contributed by atoms with Gasteiger partial charge in [-0.2, -0.15) is 0 Å². The van der Waals surface area contributed by atoms with Gasteiger partial charge in [-0.15, -0.1) is 10.2 Å². The number of anilines is 1. The van der Waals surface area contributed by atoms with Gasteiger partial charge in [0.05, 0.1) is 12.1 Å². The summed E-state index contributed by atoms with van der Waals surface area (Å²) in [6.07, 6.45) is 1.55. The fourth-order valence-corrected chi connectivity index (χ4v) is 1.61. The van der Waals surface area contributed by atoms with Crippen molar-refractivity contribution in [2.24, 2.45) is 0 Å². The molecule has 6 heteroatoms. The molecule has 1 aromatic heterocycles. The molecule has 0 fully saturated rings. The Labute approximate surface area is 107 Å². The van der Waals surface area contributed by atoms with Gasteiger partial charge >= 0.3 is 0 Å². The molecule has 0 saturated carbocycles. The van der Waals surface area contributed by atoms with Crippen molar-refractivity contribution in [3.8, 4) is 0 Å². The maximum Gasteiger partial charge on any atom is 0.271 e. The van der Waals surface area contributed by atoms with Gasteiger partial charge in [-0.05, 0) is 25.0 Å². The van der Waals surface area contributed by atoms with Crippen molar-refractivity contribution >= 4 is 11.7 Å². The molecule has 0 unspecified atom stereocenters. The quantitative estimate of drug-likeness (QED) is 0.697. The van der Waals surface area contributed by atoms with E-state index in [9.17, 15) is 9.90 Å². The molecule has 0 spiro atoms. The molecule has 6 nitrogen and oxygen atoms in total. The molecule has 1 rings (SSSR count). The lowest BCUT2D eigenvalue weighted by molar-refractivity contribution is 0.0957. The number of nitrogens with zero attached hydrogens (tertiary/aromatic N) is 2. The Kier molecular flexibility index (Phi) is 5.03. The molecule has 18 heavy (non-hydrogen) atoms. The maximum atomic E-state index is 11.3. The van der Waals surface area contributed by atoms with Crippen LogP contribution in [-0.2, 0) is 0 Å². The summed E-state index contributed by atoms with van der Waals surface area (Å²) in [4.78, 5) is 11.3. The highest BCUT2D eigenvalue weighted by Gasteiger charge is 2.25. The summed E-state index contributed by atoms with van der Waals surface area (Å²) in [5.74, 6) is 0.286. The van der Waals surface area contributed by atoms with E-state index < -0.39 is 0 Å². The fraction of sp³-hybridized carbons (Fsp3) is 0.583. The summed E-state index contributed by atoms with van der Waals surface area (Å²) in [5, 5.41) is 22.9. The Bertz CT molecular complexity index is 379. The van der Waals surface area contributed by atoms with E-state index in [1.54, 1.807) is 19.2 Å². The molecule has 0 aromatic carbocycles. The molecule has 1 amide bonds. The molecule has 0 aliphatic rings. The van der Waals surface area contributed by atoms with Crippen molar-refractivity contribution in [2.45, 2.75) is 32.2 Å². The first kappa shape index (κ1) is 14.4. The van der Waals surface area contributed by atoms with E-state index in [2.05, 4.69) is 20.8 Å².